The van der Waals surface area contributed by atoms with Crippen molar-refractivity contribution >= 4 is 23.2 Å². The van der Waals surface area contributed by atoms with Crippen LogP contribution in [0, 0.1) is 0 Å². The van der Waals surface area contributed by atoms with Gasteiger partial charge in [-0.2, -0.15) is 0 Å². The average molecular weight is 468 g/mol. The van der Waals surface area contributed by atoms with Gasteiger partial charge in [0.25, 0.3) is 5.91 Å². The van der Waals surface area contributed by atoms with Crippen LogP contribution in [-0.2, 0) is 4.74 Å². The van der Waals surface area contributed by atoms with E-state index in [-0.39, 0.29) is 12.0 Å². The summed E-state index contributed by atoms with van der Waals surface area (Å²) in [6.07, 6.45) is 2.08. The summed E-state index contributed by atoms with van der Waals surface area (Å²) in [5.74, 6) is 1.63. The van der Waals surface area contributed by atoms with E-state index >= 15 is 0 Å². The number of hydrogen-bond donors (Lipinski definition) is 1. The topological polar surface area (TPSA) is 66.0 Å². The molecule has 1 saturated heterocycles. The molecule has 1 aliphatic rings. The fraction of sp³-hybridized carbons (Fsp3) is 0.269. The van der Waals surface area contributed by atoms with Crippen LogP contribution in [0.2, 0.25) is 5.02 Å². The first kappa shape index (κ1) is 23.0. The van der Waals surface area contributed by atoms with Gasteiger partial charge in [0, 0.05) is 17.2 Å². The Bertz CT molecular complexity index is 1050. The Hall–Kier alpha value is -3.22. The lowest BCUT2D eigenvalue weighted by molar-refractivity contribution is 0.0682. The standard InChI is InChI=1S/C26H26ClNO5/c27-20-11-12-25(33-18-23-10-5-13-30-23)24(17-20)28-26(29)19-6-4-9-22(16-19)32-15-14-31-21-7-2-1-3-8-21/h1-4,6-9,11-12,16-17,23H,5,10,13-15,18H2,(H,28,29). The fourth-order valence-electron chi connectivity index (χ4n) is 3.44. The van der Waals surface area contributed by atoms with Crippen molar-refractivity contribution < 1.29 is 23.7 Å². The molecule has 4 rings (SSSR count). The van der Waals surface area contributed by atoms with Crippen LogP contribution in [-0.4, -0.2) is 38.4 Å². The van der Waals surface area contributed by atoms with Crippen LogP contribution in [0.4, 0.5) is 5.69 Å². The molecule has 33 heavy (non-hydrogen) atoms. The zero-order valence-corrected chi connectivity index (χ0v) is 18.9. The number of ether oxygens (including phenoxy) is 4. The van der Waals surface area contributed by atoms with Crippen molar-refractivity contribution in [3.05, 3.63) is 83.4 Å². The molecule has 1 fully saturated rings. The van der Waals surface area contributed by atoms with E-state index < -0.39 is 0 Å². The molecule has 172 valence electrons. The zero-order chi connectivity index (χ0) is 22.9. The van der Waals surface area contributed by atoms with Gasteiger partial charge in [0.1, 0.15) is 37.1 Å². The Morgan fingerprint density at radius 3 is 2.52 bits per heavy atom. The number of halogens is 1. The van der Waals surface area contributed by atoms with Crippen LogP contribution < -0.4 is 19.5 Å². The molecule has 0 aromatic heterocycles. The molecule has 0 saturated carbocycles. The highest BCUT2D eigenvalue weighted by Crippen LogP contribution is 2.29. The van der Waals surface area contributed by atoms with Gasteiger partial charge in [-0.3, -0.25) is 4.79 Å². The van der Waals surface area contributed by atoms with Crippen molar-refractivity contribution in [2.45, 2.75) is 18.9 Å². The number of carbonyl (C=O) groups excluding carboxylic acids is 1. The van der Waals surface area contributed by atoms with Crippen LogP contribution in [0.5, 0.6) is 17.2 Å². The van der Waals surface area contributed by atoms with Crippen molar-refractivity contribution in [1.82, 2.24) is 0 Å². The van der Waals surface area contributed by atoms with Crippen LogP contribution in [0.3, 0.4) is 0 Å². The normalized spacial score (nSPS) is 15.1. The summed E-state index contributed by atoms with van der Waals surface area (Å²) in [5.41, 5.74) is 0.967. The first-order valence-electron chi connectivity index (χ1n) is 10.9. The van der Waals surface area contributed by atoms with Crippen LogP contribution >= 0.6 is 11.6 Å². The highest BCUT2D eigenvalue weighted by molar-refractivity contribution is 6.31. The molecule has 1 N–H and O–H groups in total. The minimum Gasteiger partial charge on any atom is -0.490 e. The van der Waals surface area contributed by atoms with Crippen LogP contribution in [0.1, 0.15) is 23.2 Å². The number of para-hydroxylation sites is 1. The molecule has 1 aliphatic heterocycles. The van der Waals surface area contributed by atoms with Crippen molar-refractivity contribution in [3.63, 3.8) is 0 Å². The lowest BCUT2D eigenvalue weighted by Gasteiger charge is -2.16. The van der Waals surface area contributed by atoms with Gasteiger partial charge in [-0.05, 0) is 61.4 Å². The van der Waals surface area contributed by atoms with Gasteiger partial charge in [0.05, 0.1) is 11.8 Å². The van der Waals surface area contributed by atoms with Crippen molar-refractivity contribution in [2.75, 3.05) is 31.7 Å². The second-order valence-corrected chi connectivity index (χ2v) is 8.01. The number of hydrogen-bond acceptors (Lipinski definition) is 5. The molecule has 3 aromatic rings. The smallest absolute Gasteiger partial charge is 0.255 e. The largest absolute Gasteiger partial charge is 0.490 e. The average Bonchev–Trinajstić information content (AvgIpc) is 3.36. The Balaban J connectivity index is 1.33. The maximum absolute atomic E-state index is 12.9. The first-order chi connectivity index (χ1) is 16.2. The Labute approximate surface area is 198 Å². The summed E-state index contributed by atoms with van der Waals surface area (Å²) >= 11 is 6.15. The van der Waals surface area contributed by atoms with E-state index in [0.717, 1.165) is 25.2 Å². The summed E-state index contributed by atoms with van der Waals surface area (Å²) in [6, 6.07) is 21.7. The molecule has 1 heterocycles. The third-order valence-electron chi connectivity index (χ3n) is 5.10. The molecular weight excluding hydrogens is 442 g/mol. The van der Waals surface area contributed by atoms with E-state index in [1.807, 2.05) is 30.3 Å². The molecule has 0 spiro atoms. The Kier molecular flexibility index (Phi) is 8.06. The molecule has 0 radical (unpaired) electrons. The quantitative estimate of drug-likeness (QED) is 0.393. The maximum Gasteiger partial charge on any atom is 0.255 e. The predicted molar refractivity (Wildman–Crippen MR) is 128 cm³/mol. The molecule has 7 heteroatoms. The number of anilines is 1. The number of nitrogens with one attached hydrogen (secondary N) is 1. The lowest BCUT2D eigenvalue weighted by Crippen LogP contribution is -2.18. The van der Waals surface area contributed by atoms with E-state index in [2.05, 4.69) is 5.32 Å². The molecule has 1 amide bonds. The highest BCUT2D eigenvalue weighted by Gasteiger charge is 2.18. The number of carbonyl (C=O) groups is 1. The summed E-state index contributed by atoms with van der Waals surface area (Å²) in [6.45, 7) is 1.94. The molecule has 1 atom stereocenters. The molecule has 0 aliphatic carbocycles. The van der Waals surface area contributed by atoms with E-state index in [1.54, 1.807) is 42.5 Å². The van der Waals surface area contributed by atoms with E-state index in [0.29, 0.717) is 47.6 Å². The van der Waals surface area contributed by atoms with E-state index in [4.69, 9.17) is 30.5 Å². The molecule has 0 bridgehead atoms. The molecule has 3 aromatic carbocycles. The highest BCUT2D eigenvalue weighted by atomic mass is 35.5. The maximum atomic E-state index is 12.9. The van der Waals surface area contributed by atoms with Gasteiger partial charge in [-0.1, -0.05) is 35.9 Å². The van der Waals surface area contributed by atoms with Crippen molar-refractivity contribution in [1.29, 1.82) is 0 Å². The Morgan fingerprint density at radius 1 is 0.939 bits per heavy atom. The summed E-state index contributed by atoms with van der Waals surface area (Å²) in [4.78, 5) is 12.9. The van der Waals surface area contributed by atoms with Crippen LogP contribution in [0.15, 0.2) is 72.8 Å². The minimum absolute atomic E-state index is 0.0731. The van der Waals surface area contributed by atoms with Crippen LogP contribution in [0.25, 0.3) is 0 Å². The second kappa shape index (κ2) is 11.6. The molecule has 6 nitrogen and oxygen atoms in total. The fourth-order valence-corrected chi connectivity index (χ4v) is 3.61. The number of rotatable bonds is 10. The molecular formula is C26H26ClNO5. The zero-order valence-electron chi connectivity index (χ0n) is 18.2. The van der Waals surface area contributed by atoms with Gasteiger partial charge in [0.15, 0.2) is 0 Å². The van der Waals surface area contributed by atoms with E-state index in [1.165, 1.54) is 0 Å². The lowest BCUT2D eigenvalue weighted by atomic mass is 10.2. The third-order valence-corrected chi connectivity index (χ3v) is 5.33. The number of benzene rings is 3. The number of amides is 1. The van der Waals surface area contributed by atoms with Gasteiger partial charge in [0.2, 0.25) is 0 Å². The Morgan fingerprint density at radius 2 is 1.73 bits per heavy atom. The van der Waals surface area contributed by atoms with Crippen molar-refractivity contribution in [2.24, 2.45) is 0 Å². The predicted octanol–water partition coefficient (Wildman–Crippen LogP) is 5.61. The summed E-state index contributed by atoms with van der Waals surface area (Å²) in [5, 5.41) is 3.39. The van der Waals surface area contributed by atoms with Gasteiger partial charge in [-0.25, -0.2) is 0 Å². The second-order valence-electron chi connectivity index (χ2n) is 7.58. The summed E-state index contributed by atoms with van der Waals surface area (Å²) < 4.78 is 22.9. The summed E-state index contributed by atoms with van der Waals surface area (Å²) in [7, 11) is 0. The SMILES string of the molecule is O=C(Nc1cc(Cl)ccc1OCC1CCCO1)c1cccc(OCCOc2ccccc2)c1. The monoisotopic (exact) mass is 467 g/mol. The van der Waals surface area contributed by atoms with Crippen molar-refractivity contribution in [3.8, 4) is 17.2 Å². The third kappa shape index (κ3) is 6.88. The minimum atomic E-state index is -0.287. The van der Waals surface area contributed by atoms with Gasteiger partial charge in [-0.15, -0.1) is 0 Å². The van der Waals surface area contributed by atoms with Gasteiger partial charge < -0.3 is 24.3 Å². The molecule has 1 unspecified atom stereocenters. The first-order valence-corrected chi connectivity index (χ1v) is 11.3. The van der Waals surface area contributed by atoms with Gasteiger partial charge >= 0.3 is 0 Å². The van der Waals surface area contributed by atoms with E-state index in [9.17, 15) is 4.79 Å².